The van der Waals surface area contributed by atoms with E-state index in [9.17, 15) is 18.0 Å². The number of alkyl halides is 3. The summed E-state index contributed by atoms with van der Waals surface area (Å²) in [5.41, 5.74) is 0.600. The van der Waals surface area contributed by atoms with Crippen molar-refractivity contribution in [2.45, 2.75) is 6.18 Å². The summed E-state index contributed by atoms with van der Waals surface area (Å²) in [5.74, 6) is 0.650. The van der Waals surface area contributed by atoms with Gasteiger partial charge in [-0.15, -0.1) is 0 Å². The molecule has 0 atom stereocenters. The molecule has 3 aromatic rings. The Morgan fingerprint density at radius 2 is 1.97 bits per heavy atom. The van der Waals surface area contributed by atoms with Crippen LogP contribution in [0.3, 0.4) is 0 Å². The molecule has 0 aliphatic carbocycles. The van der Waals surface area contributed by atoms with E-state index >= 15 is 0 Å². The van der Waals surface area contributed by atoms with Crippen molar-refractivity contribution in [1.82, 2.24) is 15.0 Å². The van der Waals surface area contributed by atoms with Crippen LogP contribution in [-0.2, 0) is 6.18 Å². The van der Waals surface area contributed by atoms with Crippen molar-refractivity contribution in [2.75, 3.05) is 35.3 Å². The Morgan fingerprint density at radius 1 is 1.13 bits per heavy atom. The number of hydrogen-bond donors (Lipinski definition) is 1. The van der Waals surface area contributed by atoms with Gasteiger partial charge in [-0.1, -0.05) is 12.1 Å². The summed E-state index contributed by atoms with van der Waals surface area (Å²) in [6.45, 7) is 0.931. The summed E-state index contributed by atoms with van der Waals surface area (Å²) in [6, 6.07) is 7.90. The van der Waals surface area contributed by atoms with E-state index in [0.717, 1.165) is 12.1 Å². The molecular formula is C20H17F3N6O. The molecule has 154 valence electrons. The number of nitrogens with zero attached hydrogens (tertiary/aromatic N) is 5. The Hall–Kier alpha value is -3.69. The molecule has 3 heterocycles. The number of nitrogens with one attached hydrogen (secondary N) is 1. The van der Waals surface area contributed by atoms with E-state index < -0.39 is 17.8 Å². The molecule has 1 aliphatic rings. The molecule has 7 nitrogen and oxygen atoms in total. The van der Waals surface area contributed by atoms with Crippen molar-refractivity contribution < 1.29 is 18.0 Å². The smallest absolute Gasteiger partial charge is 0.370 e. The molecule has 0 fully saturated rings. The number of carbonyl (C=O) groups is 1. The molecule has 0 spiro atoms. The van der Waals surface area contributed by atoms with Crippen molar-refractivity contribution >= 4 is 23.4 Å². The van der Waals surface area contributed by atoms with Gasteiger partial charge in [0, 0.05) is 38.1 Å². The minimum absolute atomic E-state index is 0.289. The molecule has 1 aromatic carbocycles. The average Bonchev–Trinajstić information content (AvgIpc) is 2.74. The minimum atomic E-state index is -4.45. The largest absolute Gasteiger partial charge is 0.416 e. The number of aromatic nitrogens is 3. The lowest BCUT2D eigenvalue weighted by Crippen LogP contribution is -2.45. The monoisotopic (exact) mass is 414 g/mol. The van der Waals surface area contributed by atoms with Crippen molar-refractivity contribution in [1.29, 1.82) is 0 Å². The summed E-state index contributed by atoms with van der Waals surface area (Å²) >= 11 is 0. The molecule has 10 heteroatoms. The summed E-state index contributed by atoms with van der Waals surface area (Å²) in [6.07, 6.45) is -0.0876. The van der Waals surface area contributed by atoms with E-state index in [0.29, 0.717) is 35.9 Å². The van der Waals surface area contributed by atoms with Crippen LogP contribution in [0.25, 0.3) is 11.3 Å². The second kappa shape index (κ2) is 7.62. The van der Waals surface area contributed by atoms with Crippen LogP contribution >= 0.6 is 0 Å². The van der Waals surface area contributed by atoms with Crippen molar-refractivity contribution in [3.05, 3.63) is 60.6 Å². The quantitative estimate of drug-likeness (QED) is 0.685. The third-order valence-corrected chi connectivity index (χ3v) is 4.71. The first kappa shape index (κ1) is 19.6. The topological polar surface area (TPSA) is 74.2 Å². The van der Waals surface area contributed by atoms with E-state index in [1.165, 1.54) is 29.6 Å². The summed E-state index contributed by atoms with van der Waals surface area (Å²) < 4.78 is 39.3. The Labute approximate surface area is 170 Å². The molecule has 2 amide bonds. The maximum atomic E-state index is 13.1. The molecule has 0 saturated heterocycles. The second-order valence-corrected chi connectivity index (χ2v) is 6.71. The van der Waals surface area contributed by atoms with Gasteiger partial charge < -0.3 is 4.90 Å². The predicted octanol–water partition coefficient (Wildman–Crippen LogP) is 4.05. The number of carbonyl (C=O) groups excluding carboxylic acids is 1. The Bertz CT molecular complexity index is 1070. The number of hydrogen-bond acceptors (Lipinski definition) is 5. The van der Waals surface area contributed by atoms with E-state index in [1.54, 1.807) is 18.2 Å². The zero-order chi connectivity index (χ0) is 21.3. The molecule has 0 saturated carbocycles. The summed E-state index contributed by atoms with van der Waals surface area (Å²) in [5, 5.41) is 2.66. The van der Waals surface area contributed by atoms with Crippen LogP contribution in [-0.4, -0.2) is 41.1 Å². The molecule has 0 unspecified atom stereocenters. The first-order chi connectivity index (χ1) is 14.3. The molecule has 4 rings (SSSR count). The number of anilines is 3. The van der Waals surface area contributed by atoms with E-state index in [1.807, 2.05) is 11.9 Å². The van der Waals surface area contributed by atoms with Gasteiger partial charge in [0.25, 0.3) is 0 Å². The van der Waals surface area contributed by atoms with Gasteiger partial charge in [0.05, 0.1) is 23.1 Å². The highest BCUT2D eigenvalue weighted by Gasteiger charge is 2.31. The van der Waals surface area contributed by atoms with Crippen molar-refractivity contribution in [3.63, 3.8) is 0 Å². The molecule has 1 aliphatic heterocycles. The number of benzene rings is 1. The third-order valence-electron chi connectivity index (χ3n) is 4.71. The standard InChI is InChI=1S/C20H17F3N6O/c1-28-9-10-29(19(30)27-17-12-24-7-8-25-17)18-16(28)6-5-15(26-18)13-3-2-4-14(11-13)20(21,22)23/h2-8,11-12H,9-10H2,1H3,(H,25,27,30). The first-order valence-electron chi connectivity index (χ1n) is 9.07. The molecule has 2 aromatic heterocycles. The number of amides is 2. The van der Waals surface area contributed by atoms with Crippen molar-refractivity contribution in [2.24, 2.45) is 0 Å². The number of pyridine rings is 1. The highest BCUT2D eigenvalue weighted by molar-refractivity contribution is 6.03. The highest BCUT2D eigenvalue weighted by atomic mass is 19.4. The fraction of sp³-hybridized carbons (Fsp3) is 0.200. The van der Waals surface area contributed by atoms with Crippen LogP contribution < -0.4 is 15.1 Å². The maximum Gasteiger partial charge on any atom is 0.416 e. The predicted molar refractivity (Wildman–Crippen MR) is 106 cm³/mol. The number of halogens is 3. The van der Waals surface area contributed by atoms with Gasteiger partial charge in [-0.25, -0.2) is 14.8 Å². The molecule has 1 N–H and O–H groups in total. The van der Waals surface area contributed by atoms with Crippen LogP contribution in [0.4, 0.5) is 35.3 Å². The molecule has 30 heavy (non-hydrogen) atoms. The van der Waals surface area contributed by atoms with Gasteiger partial charge in [-0.2, -0.15) is 13.2 Å². The fourth-order valence-corrected chi connectivity index (χ4v) is 3.17. The second-order valence-electron chi connectivity index (χ2n) is 6.71. The number of likely N-dealkylation sites (N-methyl/N-ethyl adjacent to an activating group) is 1. The minimum Gasteiger partial charge on any atom is -0.370 e. The zero-order valence-corrected chi connectivity index (χ0v) is 15.9. The first-order valence-corrected chi connectivity index (χ1v) is 9.07. The lowest BCUT2D eigenvalue weighted by molar-refractivity contribution is -0.137. The van der Waals surface area contributed by atoms with Crippen LogP contribution in [0.2, 0.25) is 0 Å². The average molecular weight is 414 g/mol. The number of rotatable bonds is 2. The molecular weight excluding hydrogens is 397 g/mol. The SMILES string of the molecule is CN1CCN(C(=O)Nc2cnccn2)c2nc(-c3cccc(C(F)(F)F)c3)ccc21. The fourth-order valence-electron chi connectivity index (χ4n) is 3.17. The van der Waals surface area contributed by atoms with Crippen LogP contribution in [0, 0.1) is 0 Å². The van der Waals surface area contributed by atoms with Gasteiger partial charge in [-0.05, 0) is 24.3 Å². The van der Waals surface area contributed by atoms with Gasteiger partial charge in [0.2, 0.25) is 0 Å². The number of fused-ring (bicyclic) bond motifs is 1. The molecule has 0 radical (unpaired) electrons. The summed E-state index contributed by atoms with van der Waals surface area (Å²) in [7, 11) is 1.86. The van der Waals surface area contributed by atoms with Gasteiger partial charge in [0.15, 0.2) is 11.6 Å². The highest BCUT2D eigenvalue weighted by Crippen LogP contribution is 2.35. The van der Waals surface area contributed by atoms with Crippen LogP contribution in [0.5, 0.6) is 0 Å². The molecule has 0 bridgehead atoms. The van der Waals surface area contributed by atoms with E-state index in [2.05, 4.69) is 20.3 Å². The van der Waals surface area contributed by atoms with Crippen LogP contribution in [0.1, 0.15) is 5.56 Å². The van der Waals surface area contributed by atoms with Crippen molar-refractivity contribution in [3.8, 4) is 11.3 Å². The summed E-state index contributed by atoms with van der Waals surface area (Å²) in [4.78, 5) is 28.6. The lowest BCUT2D eigenvalue weighted by atomic mass is 10.1. The van der Waals surface area contributed by atoms with Gasteiger partial charge >= 0.3 is 12.2 Å². The maximum absolute atomic E-state index is 13.1. The van der Waals surface area contributed by atoms with E-state index in [4.69, 9.17) is 0 Å². The van der Waals surface area contributed by atoms with Gasteiger partial charge in [-0.3, -0.25) is 15.2 Å². The van der Waals surface area contributed by atoms with E-state index in [-0.39, 0.29) is 5.82 Å². The zero-order valence-electron chi connectivity index (χ0n) is 15.9. The Kier molecular flexibility index (Phi) is 4.98. The third kappa shape index (κ3) is 3.88. The van der Waals surface area contributed by atoms with Crippen LogP contribution in [0.15, 0.2) is 55.0 Å². The Balaban J connectivity index is 1.70. The lowest BCUT2D eigenvalue weighted by Gasteiger charge is -2.34. The Morgan fingerprint density at radius 3 is 2.70 bits per heavy atom. The van der Waals surface area contributed by atoms with Gasteiger partial charge in [0.1, 0.15) is 0 Å². The normalized spacial score (nSPS) is 13.7. The number of urea groups is 1.